The van der Waals surface area contributed by atoms with E-state index in [1.807, 2.05) is 18.2 Å². The maximum atomic E-state index is 12.3. The minimum atomic E-state index is -0.0912. The molecule has 1 unspecified atom stereocenters. The van der Waals surface area contributed by atoms with Crippen molar-refractivity contribution in [3.63, 3.8) is 0 Å². The van der Waals surface area contributed by atoms with Crippen molar-refractivity contribution in [2.24, 2.45) is 5.92 Å². The largest absolute Gasteiger partial charge is 0.349 e. The van der Waals surface area contributed by atoms with Crippen LogP contribution < -0.4 is 15.8 Å². The lowest BCUT2D eigenvalue weighted by Crippen LogP contribution is -2.42. The Labute approximate surface area is 129 Å². The second kappa shape index (κ2) is 5.95. The van der Waals surface area contributed by atoms with Crippen molar-refractivity contribution in [2.75, 3.05) is 13.1 Å². The van der Waals surface area contributed by atoms with E-state index < -0.39 is 0 Å². The second-order valence-electron chi connectivity index (χ2n) is 5.74. The first kappa shape index (κ1) is 14.2. The number of amides is 1. The molecule has 1 aromatic rings. The lowest BCUT2D eigenvalue weighted by atomic mass is 10.0. The van der Waals surface area contributed by atoms with Gasteiger partial charge in [0, 0.05) is 18.7 Å². The number of hydrogen-bond acceptors (Lipinski definition) is 3. The average molecular weight is 291 g/mol. The van der Waals surface area contributed by atoms with Gasteiger partial charge in [0.1, 0.15) is 0 Å². The third-order valence-electron chi connectivity index (χ3n) is 4.25. The first-order valence-corrected chi connectivity index (χ1v) is 7.43. The van der Waals surface area contributed by atoms with Gasteiger partial charge in [-0.15, -0.1) is 6.42 Å². The molecule has 22 heavy (non-hydrogen) atoms. The van der Waals surface area contributed by atoms with Crippen molar-refractivity contribution in [2.45, 2.75) is 18.9 Å². The Morgan fingerprint density at radius 2 is 2.27 bits per heavy atom. The second-order valence-corrected chi connectivity index (χ2v) is 5.74. The first-order valence-electron chi connectivity index (χ1n) is 7.43. The number of nitriles is 1. The van der Waals surface area contributed by atoms with Crippen molar-refractivity contribution in [1.82, 2.24) is 10.2 Å². The quantitative estimate of drug-likeness (QED) is 0.612. The zero-order valence-electron chi connectivity index (χ0n) is 12.2. The number of fused-ring (bicyclic) bond motifs is 1. The summed E-state index contributed by atoms with van der Waals surface area (Å²) in [4.78, 5) is 13.9. The van der Waals surface area contributed by atoms with E-state index in [1.54, 1.807) is 4.90 Å². The molecule has 1 aliphatic carbocycles. The van der Waals surface area contributed by atoms with Gasteiger partial charge in [-0.05, 0) is 35.4 Å². The molecule has 1 N–H and O–H groups in total. The summed E-state index contributed by atoms with van der Waals surface area (Å²) in [6, 6.07) is 5.90. The molecule has 4 nitrogen and oxygen atoms in total. The number of carbonyl (C=O) groups excluding carboxylic acids is 1. The fourth-order valence-corrected chi connectivity index (χ4v) is 3.00. The van der Waals surface area contributed by atoms with Gasteiger partial charge in [-0.3, -0.25) is 4.79 Å². The number of likely N-dealkylation sites (tertiary alicyclic amines) is 1. The van der Waals surface area contributed by atoms with Gasteiger partial charge in [-0.2, -0.15) is 5.26 Å². The van der Waals surface area contributed by atoms with Crippen LogP contribution in [0.25, 0.3) is 12.2 Å². The van der Waals surface area contributed by atoms with Crippen LogP contribution in [0.5, 0.6) is 0 Å². The van der Waals surface area contributed by atoms with E-state index in [2.05, 4.69) is 29.6 Å². The van der Waals surface area contributed by atoms with E-state index in [-0.39, 0.29) is 17.9 Å². The SMILES string of the molecule is C#Cc1ccc2c(c1)=CC(NC(=O)[C@H]1CCN(C#N)C1)CC=2. The van der Waals surface area contributed by atoms with Crippen LogP contribution >= 0.6 is 0 Å². The van der Waals surface area contributed by atoms with Crippen LogP contribution in [0.2, 0.25) is 0 Å². The number of benzene rings is 1. The van der Waals surface area contributed by atoms with E-state index in [0.717, 1.165) is 28.8 Å². The summed E-state index contributed by atoms with van der Waals surface area (Å²) in [7, 11) is 0. The van der Waals surface area contributed by atoms with Gasteiger partial charge >= 0.3 is 0 Å². The number of terminal acetylenes is 1. The molecule has 2 atom stereocenters. The predicted octanol–water partition coefficient (Wildman–Crippen LogP) is -0.0796. The summed E-state index contributed by atoms with van der Waals surface area (Å²) in [6.45, 7) is 1.19. The fraction of sp³-hybridized carbons (Fsp3) is 0.333. The molecular formula is C18H17N3O. The van der Waals surface area contributed by atoms with Crippen LogP contribution in [-0.4, -0.2) is 29.9 Å². The summed E-state index contributed by atoms with van der Waals surface area (Å²) in [5.41, 5.74) is 0.843. The van der Waals surface area contributed by atoms with Gasteiger partial charge < -0.3 is 10.2 Å². The highest BCUT2D eigenvalue weighted by molar-refractivity contribution is 5.80. The molecule has 1 heterocycles. The highest BCUT2D eigenvalue weighted by Crippen LogP contribution is 2.15. The minimum absolute atomic E-state index is 0.0100. The standard InChI is InChI=1S/C18H17N3O/c1-2-13-3-4-14-5-6-17(10-16(14)9-13)20-18(22)15-7-8-21(11-15)12-19/h1,3-5,9-10,15,17H,6-8,11H2,(H,20,22)/t15-,17?/m0/s1. The molecule has 110 valence electrons. The van der Waals surface area contributed by atoms with Crippen molar-refractivity contribution in [3.8, 4) is 18.5 Å². The Hall–Kier alpha value is -2.72. The molecule has 3 rings (SSSR count). The molecule has 4 heteroatoms. The van der Waals surface area contributed by atoms with Crippen molar-refractivity contribution in [1.29, 1.82) is 5.26 Å². The smallest absolute Gasteiger partial charge is 0.225 e. The Bertz CT molecular complexity index is 797. The van der Waals surface area contributed by atoms with Crippen LogP contribution in [0.1, 0.15) is 18.4 Å². The maximum Gasteiger partial charge on any atom is 0.225 e. The molecule has 1 saturated heterocycles. The number of hydrogen-bond donors (Lipinski definition) is 1. The van der Waals surface area contributed by atoms with Gasteiger partial charge in [0.25, 0.3) is 0 Å². The normalized spacial score (nSPS) is 22.5. The molecule has 0 aromatic heterocycles. The van der Waals surface area contributed by atoms with E-state index in [4.69, 9.17) is 11.7 Å². The molecule has 0 radical (unpaired) electrons. The minimum Gasteiger partial charge on any atom is -0.349 e. The summed E-state index contributed by atoms with van der Waals surface area (Å²) in [6.07, 6.45) is 13.2. The Morgan fingerprint density at radius 1 is 1.41 bits per heavy atom. The monoisotopic (exact) mass is 291 g/mol. The highest BCUT2D eigenvalue weighted by atomic mass is 16.2. The lowest BCUT2D eigenvalue weighted by Gasteiger charge is -2.18. The molecule has 1 aromatic carbocycles. The average Bonchev–Trinajstić information content (AvgIpc) is 3.03. The van der Waals surface area contributed by atoms with Crippen molar-refractivity contribution < 1.29 is 4.79 Å². The predicted molar refractivity (Wildman–Crippen MR) is 84.4 cm³/mol. The van der Waals surface area contributed by atoms with E-state index in [0.29, 0.717) is 13.1 Å². The molecule has 1 fully saturated rings. The maximum absolute atomic E-state index is 12.3. The molecule has 0 bridgehead atoms. The molecule has 2 aliphatic rings. The molecule has 0 saturated carbocycles. The molecule has 1 aliphatic heterocycles. The van der Waals surface area contributed by atoms with E-state index >= 15 is 0 Å². The van der Waals surface area contributed by atoms with Crippen LogP contribution in [0.3, 0.4) is 0 Å². The number of rotatable bonds is 2. The van der Waals surface area contributed by atoms with Gasteiger partial charge in [-0.1, -0.05) is 24.1 Å². The zero-order chi connectivity index (χ0) is 15.5. The molecular weight excluding hydrogens is 274 g/mol. The van der Waals surface area contributed by atoms with Gasteiger partial charge in [-0.25, -0.2) is 0 Å². The number of nitrogens with zero attached hydrogens (tertiary/aromatic N) is 2. The number of carbonyl (C=O) groups is 1. The zero-order valence-corrected chi connectivity index (χ0v) is 12.2. The molecule has 0 spiro atoms. The third kappa shape index (κ3) is 2.82. The number of nitrogens with one attached hydrogen (secondary N) is 1. The summed E-state index contributed by atoms with van der Waals surface area (Å²) in [5, 5.41) is 14.2. The van der Waals surface area contributed by atoms with Crippen LogP contribution in [0.4, 0.5) is 0 Å². The Kier molecular flexibility index (Phi) is 3.85. The summed E-state index contributed by atoms with van der Waals surface area (Å²) in [5.74, 6) is 2.57. The Morgan fingerprint density at radius 3 is 3.00 bits per heavy atom. The summed E-state index contributed by atoms with van der Waals surface area (Å²) < 4.78 is 0. The van der Waals surface area contributed by atoms with E-state index in [1.165, 1.54) is 0 Å². The van der Waals surface area contributed by atoms with Crippen LogP contribution in [0.15, 0.2) is 18.2 Å². The van der Waals surface area contributed by atoms with Gasteiger partial charge in [0.15, 0.2) is 6.19 Å². The van der Waals surface area contributed by atoms with Gasteiger partial charge in [0.05, 0.1) is 12.0 Å². The van der Waals surface area contributed by atoms with Crippen molar-refractivity contribution >= 4 is 18.1 Å². The third-order valence-corrected chi connectivity index (χ3v) is 4.25. The topological polar surface area (TPSA) is 56.1 Å². The van der Waals surface area contributed by atoms with Crippen LogP contribution in [-0.2, 0) is 4.79 Å². The fourth-order valence-electron chi connectivity index (χ4n) is 3.00. The molecule has 1 amide bonds. The van der Waals surface area contributed by atoms with E-state index in [9.17, 15) is 4.79 Å². The van der Waals surface area contributed by atoms with Crippen molar-refractivity contribution in [3.05, 3.63) is 34.2 Å². The summed E-state index contributed by atoms with van der Waals surface area (Å²) >= 11 is 0. The first-order chi connectivity index (χ1) is 10.7. The highest BCUT2D eigenvalue weighted by Gasteiger charge is 2.28. The lowest BCUT2D eigenvalue weighted by molar-refractivity contribution is -0.124. The van der Waals surface area contributed by atoms with Gasteiger partial charge in [0.2, 0.25) is 5.91 Å². The Balaban J connectivity index is 1.72. The van der Waals surface area contributed by atoms with Crippen LogP contribution in [0, 0.1) is 29.7 Å².